The Balaban J connectivity index is 2.08. The van der Waals surface area contributed by atoms with Gasteiger partial charge >= 0.3 is 6.18 Å². The van der Waals surface area contributed by atoms with Crippen molar-refractivity contribution < 1.29 is 27.5 Å². The van der Waals surface area contributed by atoms with Gasteiger partial charge in [-0.25, -0.2) is 0 Å². The fraction of sp³-hybridized carbons (Fsp3) is 0.250. The zero-order chi connectivity index (χ0) is 14.6. The summed E-state index contributed by atoms with van der Waals surface area (Å²) in [6.45, 7) is -0.264. The molecule has 0 bridgehead atoms. The van der Waals surface area contributed by atoms with E-state index >= 15 is 0 Å². The first-order valence-corrected chi connectivity index (χ1v) is 5.83. The molecule has 1 aliphatic heterocycles. The molecule has 1 aromatic rings. The molecular formula is C12H9ClF3NO3. The van der Waals surface area contributed by atoms with E-state index in [4.69, 9.17) is 21.1 Å². The molecule has 0 aromatic heterocycles. The minimum Gasteiger partial charge on any atom is -0.456 e. The normalized spacial score (nSPS) is 15.9. The van der Waals surface area contributed by atoms with Crippen LogP contribution in [0.25, 0.3) is 0 Å². The molecule has 0 saturated heterocycles. The zero-order valence-electron chi connectivity index (χ0n) is 9.93. The lowest BCUT2D eigenvalue weighted by Gasteiger charge is -2.12. The van der Waals surface area contributed by atoms with Gasteiger partial charge in [0.1, 0.15) is 12.5 Å². The van der Waals surface area contributed by atoms with Crippen molar-refractivity contribution in [2.24, 2.45) is 5.16 Å². The highest BCUT2D eigenvalue weighted by Crippen LogP contribution is 2.24. The van der Waals surface area contributed by atoms with Crippen LogP contribution in [0.15, 0.2) is 41.9 Å². The smallest absolute Gasteiger partial charge is 0.437 e. The number of oxime groups is 1. The van der Waals surface area contributed by atoms with Gasteiger partial charge in [-0.1, -0.05) is 28.9 Å². The molecule has 108 valence electrons. The van der Waals surface area contributed by atoms with Crippen molar-refractivity contribution >= 4 is 17.3 Å². The fourth-order valence-electron chi connectivity index (χ4n) is 1.39. The van der Waals surface area contributed by atoms with Crippen LogP contribution in [-0.2, 0) is 14.3 Å². The molecule has 0 radical (unpaired) electrons. The third-order valence-electron chi connectivity index (χ3n) is 2.27. The van der Waals surface area contributed by atoms with Crippen LogP contribution in [0.5, 0.6) is 0 Å². The summed E-state index contributed by atoms with van der Waals surface area (Å²) in [7, 11) is 0. The lowest BCUT2D eigenvalue weighted by Crippen LogP contribution is -2.25. The minimum absolute atomic E-state index is 0.145. The topological polar surface area (TPSA) is 40.0 Å². The molecule has 1 heterocycles. The van der Waals surface area contributed by atoms with Crippen molar-refractivity contribution in [2.45, 2.75) is 12.5 Å². The highest BCUT2D eigenvalue weighted by Gasteiger charge is 2.38. The second-order valence-corrected chi connectivity index (χ2v) is 4.15. The average molecular weight is 308 g/mol. The molecule has 0 unspecified atom stereocenters. The van der Waals surface area contributed by atoms with Gasteiger partial charge in [-0.15, -0.1) is 0 Å². The number of hydrogen-bond donors (Lipinski definition) is 0. The zero-order valence-corrected chi connectivity index (χ0v) is 10.7. The van der Waals surface area contributed by atoms with Crippen LogP contribution in [0.2, 0.25) is 5.02 Å². The molecule has 1 aromatic carbocycles. The Morgan fingerprint density at radius 3 is 2.35 bits per heavy atom. The summed E-state index contributed by atoms with van der Waals surface area (Å²) in [5.74, 6) is 0. The standard InChI is InChI=1S/C12H9ClF3NO3/c13-9-3-1-8(2-4-9)11(12(14,15)16)17-20-7-10-18-5-6-19-10/h1-6,10H,7H2. The van der Waals surface area contributed by atoms with Crippen LogP contribution in [0.4, 0.5) is 13.2 Å². The number of hydrogen-bond acceptors (Lipinski definition) is 4. The molecule has 2 rings (SSSR count). The number of alkyl halides is 3. The molecular weight excluding hydrogens is 299 g/mol. The van der Waals surface area contributed by atoms with Crippen LogP contribution in [0.3, 0.4) is 0 Å². The highest BCUT2D eigenvalue weighted by atomic mass is 35.5. The van der Waals surface area contributed by atoms with E-state index in [0.29, 0.717) is 5.02 Å². The number of nitrogens with zero attached hydrogens (tertiary/aromatic N) is 1. The van der Waals surface area contributed by atoms with E-state index in [1.807, 2.05) is 0 Å². The molecule has 0 aliphatic carbocycles. The number of halogens is 4. The molecule has 0 atom stereocenters. The van der Waals surface area contributed by atoms with Crippen molar-refractivity contribution in [3.05, 3.63) is 47.4 Å². The van der Waals surface area contributed by atoms with Crippen molar-refractivity contribution in [1.29, 1.82) is 0 Å². The first-order chi connectivity index (χ1) is 9.47. The Morgan fingerprint density at radius 2 is 1.80 bits per heavy atom. The predicted molar refractivity (Wildman–Crippen MR) is 65.1 cm³/mol. The van der Waals surface area contributed by atoms with E-state index in [-0.39, 0.29) is 12.2 Å². The summed E-state index contributed by atoms with van der Waals surface area (Å²) in [5, 5.41) is 3.45. The Bertz CT molecular complexity index is 506. The van der Waals surface area contributed by atoms with Gasteiger partial charge < -0.3 is 14.3 Å². The first kappa shape index (κ1) is 14.5. The Labute approximate surface area is 117 Å². The van der Waals surface area contributed by atoms with E-state index in [2.05, 4.69) is 9.99 Å². The highest BCUT2D eigenvalue weighted by molar-refractivity contribution is 6.30. The quantitative estimate of drug-likeness (QED) is 0.631. The molecule has 20 heavy (non-hydrogen) atoms. The molecule has 0 amide bonds. The fourth-order valence-corrected chi connectivity index (χ4v) is 1.51. The minimum atomic E-state index is -4.65. The molecule has 0 N–H and O–H groups in total. The Kier molecular flexibility index (Phi) is 4.39. The predicted octanol–water partition coefficient (Wildman–Crippen LogP) is 3.47. The number of rotatable bonds is 4. The van der Waals surface area contributed by atoms with Crippen LogP contribution in [0.1, 0.15) is 5.56 Å². The summed E-state index contributed by atoms with van der Waals surface area (Å²) >= 11 is 5.63. The average Bonchev–Trinajstić information content (AvgIpc) is 2.88. The lowest BCUT2D eigenvalue weighted by atomic mass is 10.1. The molecule has 1 aliphatic rings. The van der Waals surface area contributed by atoms with Gasteiger partial charge in [0.25, 0.3) is 6.29 Å². The third-order valence-corrected chi connectivity index (χ3v) is 2.52. The van der Waals surface area contributed by atoms with E-state index in [1.54, 1.807) is 0 Å². The second-order valence-electron chi connectivity index (χ2n) is 3.71. The van der Waals surface area contributed by atoms with Crippen LogP contribution in [0, 0.1) is 0 Å². The molecule has 0 saturated carbocycles. The monoisotopic (exact) mass is 307 g/mol. The second kappa shape index (κ2) is 6.04. The third kappa shape index (κ3) is 3.80. The van der Waals surface area contributed by atoms with Gasteiger partial charge in [-0.2, -0.15) is 13.2 Å². The Hall–Kier alpha value is -1.89. The first-order valence-electron chi connectivity index (χ1n) is 5.46. The number of ether oxygens (including phenoxy) is 2. The van der Waals surface area contributed by atoms with Crippen molar-refractivity contribution in [3.63, 3.8) is 0 Å². The van der Waals surface area contributed by atoms with E-state index in [1.165, 1.54) is 36.8 Å². The lowest BCUT2D eigenvalue weighted by molar-refractivity contribution is -0.0868. The number of benzene rings is 1. The van der Waals surface area contributed by atoms with E-state index in [0.717, 1.165) is 0 Å². The SMILES string of the molecule is FC(F)(F)C(=NOCC1OC=CO1)c1ccc(Cl)cc1. The van der Waals surface area contributed by atoms with Gasteiger partial charge in [-0.3, -0.25) is 0 Å². The maximum atomic E-state index is 12.9. The molecule has 4 nitrogen and oxygen atoms in total. The van der Waals surface area contributed by atoms with Gasteiger partial charge in [0.2, 0.25) is 0 Å². The van der Waals surface area contributed by atoms with Gasteiger partial charge in [0, 0.05) is 10.6 Å². The van der Waals surface area contributed by atoms with Crippen molar-refractivity contribution in [2.75, 3.05) is 6.61 Å². The Morgan fingerprint density at radius 1 is 1.20 bits per heavy atom. The van der Waals surface area contributed by atoms with Gasteiger partial charge in [0.05, 0.1) is 0 Å². The molecule has 0 spiro atoms. The largest absolute Gasteiger partial charge is 0.456 e. The van der Waals surface area contributed by atoms with Gasteiger partial charge in [-0.05, 0) is 12.1 Å². The molecule has 0 fully saturated rings. The van der Waals surface area contributed by atoms with E-state index < -0.39 is 18.2 Å². The summed E-state index contributed by atoms with van der Waals surface area (Å²) in [6.07, 6.45) is -2.91. The van der Waals surface area contributed by atoms with Crippen molar-refractivity contribution in [1.82, 2.24) is 0 Å². The summed E-state index contributed by atoms with van der Waals surface area (Å²) in [5.41, 5.74) is -1.30. The summed E-state index contributed by atoms with van der Waals surface area (Å²) < 4.78 is 48.4. The van der Waals surface area contributed by atoms with Gasteiger partial charge in [0.15, 0.2) is 12.3 Å². The maximum Gasteiger partial charge on any atom is 0.437 e. The van der Waals surface area contributed by atoms with Crippen LogP contribution < -0.4 is 0 Å². The summed E-state index contributed by atoms with van der Waals surface area (Å²) in [6, 6.07) is 5.10. The van der Waals surface area contributed by atoms with E-state index in [9.17, 15) is 13.2 Å². The van der Waals surface area contributed by atoms with Crippen LogP contribution in [-0.4, -0.2) is 24.8 Å². The molecule has 8 heteroatoms. The summed E-state index contributed by atoms with van der Waals surface area (Å²) in [4.78, 5) is 4.64. The van der Waals surface area contributed by atoms with Crippen molar-refractivity contribution in [3.8, 4) is 0 Å². The maximum absolute atomic E-state index is 12.9. The van der Waals surface area contributed by atoms with Crippen LogP contribution >= 0.6 is 11.6 Å².